The number of ether oxygens (including phenoxy) is 1. The Kier molecular flexibility index (Phi) is 4.37. The number of nitrogens with zero attached hydrogens (tertiary/aromatic N) is 5. The Hall–Kier alpha value is -2.71. The summed E-state index contributed by atoms with van der Waals surface area (Å²) in [4.78, 5) is 9.44. The van der Waals surface area contributed by atoms with Gasteiger partial charge in [0.2, 0.25) is 0 Å². The van der Waals surface area contributed by atoms with Gasteiger partial charge in [-0.15, -0.1) is 0 Å². The van der Waals surface area contributed by atoms with E-state index >= 15 is 0 Å². The van der Waals surface area contributed by atoms with Crippen LogP contribution < -0.4 is 10.1 Å². The molecule has 3 aromatic rings. The molecule has 2 aliphatic rings. The van der Waals surface area contributed by atoms with Crippen LogP contribution >= 0.6 is 0 Å². The Labute approximate surface area is 162 Å². The van der Waals surface area contributed by atoms with Gasteiger partial charge >= 0.3 is 0 Å². The number of aromatic nitrogens is 3. The molecule has 0 radical (unpaired) electrons. The van der Waals surface area contributed by atoms with Crippen LogP contribution in [-0.2, 0) is 0 Å². The summed E-state index contributed by atoms with van der Waals surface area (Å²) >= 11 is 0. The van der Waals surface area contributed by atoms with Crippen molar-refractivity contribution in [2.75, 3.05) is 51.7 Å². The highest BCUT2D eigenvalue weighted by atomic mass is 19.1. The first-order valence-corrected chi connectivity index (χ1v) is 9.61. The van der Waals surface area contributed by atoms with Crippen LogP contribution in [0.25, 0.3) is 16.8 Å². The molecule has 0 amide bonds. The lowest BCUT2D eigenvalue weighted by Crippen LogP contribution is -2.55. The van der Waals surface area contributed by atoms with Crippen molar-refractivity contribution in [2.24, 2.45) is 0 Å². The van der Waals surface area contributed by atoms with E-state index in [1.807, 2.05) is 12.3 Å². The van der Waals surface area contributed by atoms with Crippen molar-refractivity contribution in [3.05, 3.63) is 42.5 Å². The van der Waals surface area contributed by atoms with Crippen molar-refractivity contribution in [3.63, 3.8) is 0 Å². The summed E-state index contributed by atoms with van der Waals surface area (Å²) in [7, 11) is 2.14. The molecule has 1 fully saturated rings. The molecule has 0 aliphatic carbocycles. The minimum atomic E-state index is -0.312. The van der Waals surface area contributed by atoms with Gasteiger partial charge in [0.15, 0.2) is 5.65 Å². The second kappa shape index (κ2) is 7.03. The van der Waals surface area contributed by atoms with Gasteiger partial charge in [0, 0.05) is 50.0 Å². The van der Waals surface area contributed by atoms with Gasteiger partial charge in [-0.3, -0.25) is 4.90 Å². The molecule has 0 saturated carbocycles. The van der Waals surface area contributed by atoms with Gasteiger partial charge < -0.3 is 15.0 Å². The van der Waals surface area contributed by atoms with Crippen LogP contribution in [0, 0.1) is 5.82 Å². The molecule has 5 rings (SSSR count). The van der Waals surface area contributed by atoms with Crippen LogP contribution in [0.3, 0.4) is 0 Å². The Morgan fingerprint density at radius 3 is 3.04 bits per heavy atom. The van der Waals surface area contributed by atoms with E-state index in [1.54, 1.807) is 22.8 Å². The maximum Gasteiger partial charge on any atom is 0.165 e. The average Bonchev–Trinajstić information content (AvgIpc) is 3.11. The quantitative estimate of drug-likeness (QED) is 0.642. The third-order valence-corrected chi connectivity index (χ3v) is 5.55. The molecule has 1 aromatic carbocycles. The number of nitrogens with one attached hydrogen (secondary N) is 1. The summed E-state index contributed by atoms with van der Waals surface area (Å²) in [5.41, 5.74) is 1.73. The number of hydrogen-bond donors (Lipinski definition) is 1. The van der Waals surface area contributed by atoms with Gasteiger partial charge in [0.25, 0.3) is 0 Å². The molecule has 146 valence electrons. The third kappa shape index (κ3) is 3.18. The van der Waals surface area contributed by atoms with E-state index in [2.05, 4.69) is 32.2 Å². The minimum Gasteiger partial charge on any atom is -0.492 e. The van der Waals surface area contributed by atoms with Crippen molar-refractivity contribution < 1.29 is 9.13 Å². The molecule has 4 heterocycles. The summed E-state index contributed by atoms with van der Waals surface area (Å²) in [6, 6.07) is 7.07. The lowest BCUT2D eigenvalue weighted by Gasteiger charge is -2.39. The van der Waals surface area contributed by atoms with Gasteiger partial charge in [-0.05, 0) is 31.3 Å². The number of piperazine rings is 1. The summed E-state index contributed by atoms with van der Waals surface area (Å²) in [5, 5.41) is 7.71. The van der Waals surface area contributed by atoms with Crippen molar-refractivity contribution in [1.29, 1.82) is 0 Å². The van der Waals surface area contributed by atoms with E-state index in [1.165, 1.54) is 6.07 Å². The summed E-state index contributed by atoms with van der Waals surface area (Å²) < 4.78 is 22.4. The predicted molar refractivity (Wildman–Crippen MR) is 105 cm³/mol. The van der Waals surface area contributed by atoms with Crippen LogP contribution in [0.5, 0.6) is 5.75 Å². The fourth-order valence-electron chi connectivity index (χ4n) is 3.98. The molecule has 7 nitrogen and oxygen atoms in total. The van der Waals surface area contributed by atoms with Crippen LogP contribution in [-0.4, -0.2) is 76.8 Å². The smallest absolute Gasteiger partial charge is 0.165 e. The zero-order chi connectivity index (χ0) is 19.1. The zero-order valence-electron chi connectivity index (χ0n) is 15.8. The van der Waals surface area contributed by atoms with Gasteiger partial charge in [0.1, 0.15) is 24.0 Å². The largest absolute Gasteiger partial charge is 0.492 e. The van der Waals surface area contributed by atoms with Crippen molar-refractivity contribution in [2.45, 2.75) is 6.04 Å². The van der Waals surface area contributed by atoms with Gasteiger partial charge in [-0.25, -0.2) is 13.9 Å². The van der Waals surface area contributed by atoms with Crippen molar-refractivity contribution in [1.82, 2.24) is 24.4 Å². The molecule has 2 aliphatic heterocycles. The molecule has 28 heavy (non-hydrogen) atoms. The van der Waals surface area contributed by atoms with E-state index in [4.69, 9.17) is 4.74 Å². The summed E-state index contributed by atoms with van der Waals surface area (Å²) in [6.45, 7) is 5.26. The molecule has 1 N–H and O–H groups in total. The second-order valence-electron chi connectivity index (χ2n) is 7.47. The number of fused-ring (bicyclic) bond motifs is 5. The molecule has 8 heteroatoms. The number of benzene rings is 1. The van der Waals surface area contributed by atoms with Crippen LogP contribution in [0.15, 0.2) is 36.7 Å². The highest BCUT2D eigenvalue weighted by Gasteiger charge is 2.26. The zero-order valence-corrected chi connectivity index (χ0v) is 15.8. The van der Waals surface area contributed by atoms with E-state index in [9.17, 15) is 4.39 Å². The Morgan fingerprint density at radius 2 is 2.11 bits per heavy atom. The molecule has 0 unspecified atom stereocenters. The maximum atomic E-state index is 14.6. The molecular weight excluding hydrogens is 359 g/mol. The third-order valence-electron chi connectivity index (χ3n) is 5.55. The molecule has 4 bridgehead atoms. The topological polar surface area (TPSA) is 57.9 Å². The lowest BCUT2D eigenvalue weighted by atomic mass is 10.1. The Morgan fingerprint density at radius 1 is 1.18 bits per heavy atom. The number of hydrogen-bond acceptors (Lipinski definition) is 6. The van der Waals surface area contributed by atoms with Crippen LogP contribution in [0.1, 0.15) is 0 Å². The lowest BCUT2D eigenvalue weighted by molar-refractivity contribution is 0.0612. The van der Waals surface area contributed by atoms with E-state index in [0.29, 0.717) is 35.2 Å². The molecular formula is C20H23FN6O. The van der Waals surface area contributed by atoms with E-state index in [-0.39, 0.29) is 5.82 Å². The number of likely N-dealkylation sites (N-methyl/N-ethyl adjacent to an activating group) is 1. The second-order valence-corrected chi connectivity index (χ2v) is 7.47. The van der Waals surface area contributed by atoms with Gasteiger partial charge in [0.05, 0.1) is 12.2 Å². The minimum absolute atomic E-state index is 0.291. The number of rotatable bonds is 0. The first-order chi connectivity index (χ1) is 13.7. The van der Waals surface area contributed by atoms with Gasteiger partial charge in [-0.1, -0.05) is 0 Å². The fraction of sp³-hybridized carbons (Fsp3) is 0.400. The fourth-order valence-corrected chi connectivity index (χ4v) is 3.98. The van der Waals surface area contributed by atoms with E-state index in [0.717, 1.165) is 38.5 Å². The van der Waals surface area contributed by atoms with Crippen molar-refractivity contribution >= 4 is 11.5 Å². The van der Waals surface area contributed by atoms with E-state index < -0.39 is 0 Å². The standard InChI is InChI=1S/C20H23FN6O/c1-25-8-9-26-7-5-22-19-4-6-27-20(24-19)17(11-23-27)16-10-15(2-3-18(16)21)28-13-14(26)12-25/h2-4,6,10-11,14H,5,7-9,12-13H2,1H3,(H,22,24)/t14-/m0/s1. The molecule has 1 saturated heterocycles. The maximum absolute atomic E-state index is 14.6. The molecule has 1 atom stereocenters. The summed E-state index contributed by atoms with van der Waals surface area (Å²) in [5.74, 6) is 1.12. The summed E-state index contributed by atoms with van der Waals surface area (Å²) in [6.07, 6.45) is 3.49. The normalized spacial score (nSPS) is 21.0. The highest BCUT2D eigenvalue weighted by molar-refractivity contribution is 5.78. The van der Waals surface area contributed by atoms with Gasteiger partial charge in [-0.2, -0.15) is 5.10 Å². The first kappa shape index (κ1) is 17.4. The Balaban J connectivity index is 1.57. The number of anilines is 1. The molecule has 2 aromatic heterocycles. The number of halogens is 1. The Bertz CT molecular complexity index is 1010. The van der Waals surface area contributed by atoms with Crippen LogP contribution in [0.4, 0.5) is 10.2 Å². The average molecular weight is 382 g/mol. The predicted octanol–water partition coefficient (Wildman–Crippen LogP) is 1.96. The molecule has 0 spiro atoms. The first-order valence-electron chi connectivity index (χ1n) is 9.61. The highest BCUT2D eigenvalue weighted by Crippen LogP contribution is 2.30. The monoisotopic (exact) mass is 382 g/mol. The van der Waals surface area contributed by atoms with Crippen LogP contribution in [0.2, 0.25) is 0 Å². The van der Waals surface area contributed by atoms with Crippen molar-refractivity contribution in [3.8, 4) is 16.9 Å². The SMILES string of the molecule is CN1CCN2CCNc3ccn4ncc(c4n3)-c3cc(ccc3F)OC[C@@H]2C1.